The van der Waals surface area contributed by atoms with Crippen LogP contribution in [0.25, 0.3) is 9.40 Å². The Balaban J connectivity index is 0.000000221. The second-order valence-electron chi connectivity index (χ2n) is 2.60. The van der Waals surface area contributed by atoms with E-state index in [1.165, 1.54) is 12.9 Å². The van der Waals surface area contributed by atoms with Gasteiger partial charge in [-0.25, -0.2) is 0 Å². The summed E-state index contributed by atoms with van der Waals surface area (Å²) in [6.07, 6.45) is 2.13. The molecule has 0 radical (unpaired) electrons. The van der Waals surface area contributed by atoms with E-state index >= 15 is 0 Å². The largest absolute Gasteiger partial charge is 0.673 e. The van der Waals surface area contributed by atoms with Crippen molar-refractivity contribution in [1.82, 2.24) is 0 Å². The van der Waals surface area contributed by atoms with E-state index in [-0.39, 0.29) is 0 Å². The van der Waals surface area contributed by atoms with Gasteiger partial charge in [0.15, 0.2) is 9.40 Å². The molecule has 1 aromatic heterocycles. The van der Waals surface area contributed by atoms with Gasteiger partial charge < -0.3 is 17.3 Å². The minimum atomic E-state index is -6.00. The summed E-state index contributed by atoms with van der Waals surface area (Å²) < 4.78 is 43.2. The Kier molecular flexibility index (Phi) is 5.01. The highest BCUT2D eigenvalue weighted by molar-refractivity contribution is 8.02. The summed E-state index contributed by atoms with van der Waals surface area (Å²) in [5.74, 6) is 0. The lowest BCUT2D eigenvalue weighted by Crippen LogP contribution is -2.02. The zero-order valence-corrected chi connectivity index (χ0v) is 10.6. The van der Waals surface area contributed by atoms with Gasteiger partial charge in [0.25, 0.3) is 0 Å². The molecule has 2 aromatic rings. The number of benzene rings is 1. The van der Waals surface area contributed by atoms with Crippen LogP contribution < -0.4 is 0 Å². The molecule has 0 atom stereocenters. The average Bonchev–Trinajstić information content (AvgIpc) is 2.57. The molecule has 0 fully saturated rings. The van der Waals surface area contributed by atoms with Crippen molar-refractivity contribution in [2.24, 2.45) is 0 Å². The maximum absolute atomic E-state index is 9.75. The Morgan fingerprint density at radius 1 is 1.19 bits per heavy atom. The van der Waals surface area contributed by atoms with Crippen molar-refractivity contribution in [3.8, 4) is 0 Å². The first-order valence-corrected chi connectivity index (χ1v) is 6.99. The number of rotatable bonds is 1. The van der Waals surface area contributed by atoms with E-state index in [2.05, 4.69) is 30.5 Å². The molecule has 0 nitrogen and oxygen atoms in total. The van der Waals surface area contributed by atoms with Gasteiger partial charge in [0, 0.05) is 0 Å². The van der Waals surface area contributed by atoms with Crippen molar-refractivity contribution in [3.63, 3.8) is 0 Å². The maximum atomic E-state index is 9.75. The Morgan fingerprint density at radius 2 is 1.75 bits per heavy atom. The Morgan fingerprint density at radius 3 is 2.25 bits per heavy atom. The molecule has 0 N–H and O–H groups in total. The zero-order valence-electron chi connectivity index (χ0n) is 8.12. The molecule has 0 saturated heterocycles. The smallest absolute Gasteiger partial charge is 0.418 e. The summed E-state index contributed by atoms with van der Waals surface area (Å²) in [7, 11) is -6.00. The molecule has 0 saturated carbocycles. The molecule has 1 aromatic carbocycles. The summed E-state index contributed by atoms with van der Waals surface area (Å²) in [5.41, 5.74) is 0. The topological polar surface area (TPSA) is 0 Å². The predicted molar refractivity (Wildman–Crippen MR) is 66.1 cm³/mol. The zero-order chi connectivity index (χ0) is 12.2. The second-order valence-corrected chi connectivity index (χ2v) is 6.30. The standard InChI is InChI=1S/C8H7S3.BF4/c1-9-8-10-6-4-2-3-5-7(6)11-8;2-1(3,4)5/h2-5H,1H3;/q+1;-1. The van der Waals surface area contributed by atoms with Crippen molar-refractivity contribution in [3.05, 3.63) is 24.3 Å². The lowest BCUT2D eigenvalue weighted by Gasteiger charge is -1.94. The van der Waals surface area contributed by atoms with Crippen LogP contribution in [0.3, 0.4) is 0 Å². The number of halogens is 4. The third-order valence-corrected chi connectivity index (χ3v) is 5.35. The highest BCUT2D eigenvalue weighted by Gasteiger charge is 2.20. The lowest BCUT2D eigenvalue weighted by molar-refractivity contribution is 0.368. The molecule has 0 unspecified atom stereocenters. The number of fused-ring (bicyclic) bond motifs is 1. The molecular formula is C8H7BF4S3. The summed E-state index contributed by atoms with van der Waals surface area (Å²) in [5, 5.41) is 0. The molecule has 8 heteroatoms. The molecule has 16 heavy (non-hydrogen) atoms. The van der Waals surface area contributed by atoms with E-state index in [1.807, 2.05) is 34.4 Å². The average molecular weight is 286 g/mol. The molecule has 0 aliphatic rings. The van der Waals surface area contributed by atoms with Crippen LogP contribution in [0.15, 0.2) is 27.8 Å². The summed E-state index contributed by atoms with van der Waals surface area (Å²) >= 11 is 5.59. The first-order chi connectivity index (χ1) is 7.40. The van der Waals surface area contributed by atoms with Crippen LogP contribution >= 0.6 is 34.4 Å². The van der Waals surface area contributed by atoms with E-state index in [1.54, 1.807) is 0 Å². The summed E-state index contributed by atoms with van der Waals surface area (Å²) in [4.78, 5) is 0. The molecule has 2 rings (SSSR count). The normalized spacial score (nSPS) is 11.1. The van der Waals surface area contributed by atoms with Crippen LogP contribution in [0.2, 0.25) is 0 Å². The first-order valence-electron chi connectivity index (χ1n) is 4.13. The molecular weight excluding hydrogens is 279 g/mol. The second kappa shape index (κ2) is 5.83. The fourth-order valence-electron chi connectivity index (χ4n) is 0.903. The van der Waals surface area contributed by atoms with Gasteiger partial charge in [-0.05, 0) is 18.4 Å². The molecule has 88 valence electrons. The molecule has 0 amide bonds. The fourth-order valence-corrected chi connectivity index (χ4v) is 4.05. The maximum Gasteiger partial charge on any atom is 0.673 e. The number of hydrogen-bond acceptors (Lipinski definition) is 2. The highest BCUT2D eigenvalue weighted by Crippen LogP contribution is 2.36. The van der Waals surface area contributed by atoms with Gasteiger partial charge in [-0.1, -0.05) is 23.9 Å². The van der Waals surface area contributed by atoms with Gasteiger partial charge in [0.05, 0.1) is 0 Å². The van der Waals surface area contributed by atoms with Crippen LogP contribution in [-0.4, -0.2) is 13.5 Å². The fraction of sp³-hybridized carbons (Fsp3) is 0.125. The van der Waals surface area contributed by atoms with Gasteiger partial charge in [-0.2, -0.15) is 0 Å². The monoisotopic (exact) mass is 286 g/mol. The van der Waals surface area contributed by atoms with Crippen LogP contribution in [0.5, 0.6) is 0 Å². The van der Waals surface area contributed by atoms with E-state index in [0.717, 1.165) is 0 Å². The summed E-state index contributed by atoms with van der Waals surface area (Å²) in [6.45, 7) is 0. The van der Waals surface area contributed by atoms with Crippen molar-refractivity contribution in [1.29, 1.82) is 0 Å². The van der Waals surface area contributed by atoms with Gasteiger partial charge in [-0.3, -0.25) is 0 Å². The Labute approximate surface area is 102 Å². The van der Waals surface area contributed by atoms with Gasteiger partial charge in [0.2, 0.25) is 0 Å². The number of thioether (sulfide) groups is 1. The van der Waals surface area contributed by atoms with Crippen molar-refractivity contribution in [2.75, 3.05) is 6.26 Å². The van der Waals surface area contributed by atoms with Gasteiger partial charge in [0.1, 0.15) is 22.7 Å². The van der Waals surface area contributed by atoms with Crippen molar-refractivity contribution in [2.45, 2.75) is 3.52 Å². The Bertz CT molecular complexity index is 415. The Hall–Kier alpha value is -0.335. The van der Waals surface area contributed by atoms with Crippen molar-refractivity contribution < 1.29 is 17.3 Å². The van der Waals surface area contributed by atoms with Crippen LogP contribution in [0.1, 0.15) is 0 Å². The lowest BCUT2D eigenvalue weighted by atomic mass is 10.3. The summed E-state index contributed by atoms with van der Waals surface area (Å²) in [6, 6.07) is 8.54. The van der Waals surface area contributed by atoms with E-state index < -0.39 is 7.25 Å². The minimum Gasteiger partial charge on any atom is -0.418 e. The van der Waals surface area contributed by atoms with Crippen LogP contribution in [-0.2, 0) is 0 Å². The first kappa shape index (κ1) is 13.7. The van der Waals surface area contributed by atoms with E-state index in [9.17, 15) is 17.3 Å². The molecule has 0 aliphatic carbocycles. The molecule has 0 aliphatic heterocycles. The third-order valence-electron chi connectivity index (χ3n) is 1.40. The third kappa shape index (κ3) is 5.13. The molecule has 0 bridgehead atoms. The molecule has 0 spiro atoms. The van der Waals surface area contributed by atoms with E-state index in [0.29, 0.717) is 0 Å². The highest BCUT2D eigenvalue weighted by atomic mass is 32.2. The van der Waals surface area contributed by atoms with E-state index in [4.69, 9.17) is 0 Å². The molecule has 1 heterocycles. The predicted octanol–water partition coefficient (Wildman–Crippen LogP) is 5.27. The minimum absolute atomic E-state index is 1.40. The van der Waals surface area contributed by atoms with Gasteiger partial charge >= 0.3 is 10.8 Å². The quantitative estimate of drug-likeness (QED) is 0.298. The SMILES string of the molecule is CSc1sc2ccccc2[s+]1.F[B-](F)(F)F. The number of hydrogen-bond donors (Lipinski definition) is 0. The van der Waals surface area contributed by atoms with Crippen LogP contribution in [0, 0.1) is 0 Å². The van der Waals surface area contributed by atoms with Crippen molar-refractivity contribution >= 4 is 51.1 Å². The van der Waals surface area contributed by atoms with Crippen LogP contribution in [0.4, 0.5) is 17.3 Å². The van der Waals surface area contributed by atoms with Gasteiger partial charge in [-0.15, -0.1) is 0 Å².